The zero-order valence-electron chi connectivity index (χ0n) is 10.4. The number of likely N-dealkylation sites (tertiary alicyclic amines) is 1. The molecule has 2 heterocycles. The molecule has 0 saturated carbocycles. The van der Waals surface area contributed by atoms with Gasteiger partial charge in [0, 0.05) is 32.8 Å². The number of rotatable bonds is 3. The Hall–Kier alpha value is -0.150. The lowest BCUT2D eigenvalue weighted by atomic mass is 9.90. The molecule has 2 aliphatic rings. The molecule has 0 spiro atoms. The van der Waals surface area contributed by atoms with E-state index in [4.69, 9.17) is 4.74 Å². The normalized spacial score (nSPS) is 28.1. The van der Waals surface area contributed by atoms with Crippen molar-refractivity contribution in [3.8, 4) is 0 Å². The minimum Gasteiger partial charge on any atom is -0.381 e. The highest BCUT2D eigenvalue weighted by atomic mass is 19.1. The zero-order valence-corrected chi connectivity index (χ0v) is 10.4. The van der Waals surface area contributed by atoms with Crippen LogP contribution in [0.2, 0.25) is 0 Å². The molecule has 2 aliphatic heterocycles. The number of halogens is 1. The van der Waals surface area contributed by atoms with Crippen LogP contribution in [-0.4, -0.2) is 43.4 Å². The predicted octanol–water partition coefficient (Wildman–Crippen LogP) is 2.63. The quantitative estimate of drug-likeness (QED) is 0.737. The fourth-order valence-electron chi connectivity index (χ4n) is 2.78. The average molecular weight is 229 g/mol. The first-order valence-corrected chi connectivity index (χ1v) is 6.71. The van der Waals surface area contributed by atoms with Crippen molar-refractivity contribution in [3.63, 3.8) is 0 Å². The summed E-state index contributed by atoms with van der Waals surface area (Å²) in [5.41, 5.74) is -0.869. The highest BCUT2D eigenvalue weighted by Gasteiger charge is 2.33. The standard InChI is InChI=1S/C13H24FNO/c1-2-13(14)5-7-15(8-6-13)11-12-3-9-16-10-4-12/h12H,2-11H2,1H3. The predicted molar refractivity (Wildman–Crippen MR) is 63.3 cm³/mol. The summed E-state index contributed by atoms with van der Waals surface area (Å²) in [7, 11) is 0. The lowest BCUT2D eigenvalue weighted by molar-refractivity contribution is 0.0228. The van der Waals surface area contributed by atoms with E-state index in [2.05, 4.69) is 4.90 Å². The molecule has 0 unspecified atom stereocenters. The van der Waals surface area contributed by atoms with Gasteiger partial charge in [-0.1, -0.05) is 6.92 Å². The van der Waals surface area contributed by atoms with Crippen molar-refractivity contribution in [2.75, 3.05) is 32.8 Å². The first-order valence-electron chi connectivity index (χ1n) is 6.71. The summed E-state index contributed by atoms with van der Waals surface area (Å²) in [6, 6.07) is 0. The topological polar surface area (TPSA) is 12.5 Å². The molecule has 3 heteroatoms. The van der Waals surface area contributed by atoms with Crippen LogP contribution in [0.3, 0.4) is 0 Å². The van der Waals surface area contributed by atoms with Crippen LogP contribution in [-0.2, 0) is 4.74 Å². The van der Waals surface area contributed by atoms with Gasteiger partial charge >= 0.3 is 0 Å². The van der Waals surface area contributed by atoms with Gasteiger partial charge in [0.05, 0.1) is 0 Å². The molecular weight excluding hydrogens is 205 g/mol. The van der Waals surface area contributed by atoms with E-state index in [9.17, 15) is 4.39 Å². The maximum absolute atomic E-state index is 14.0. The second-order valence-corrected chi connectivity index (χ2v) is 5.36. The van der Waals surface area contributed by atoms with E-state index < -0.39 is 5.67 Å². The molecule has 0 bridgehead atoms. The fourth-order valence-corrected chi connectivity index (χ4v) is 2.78. The zero-order chi connectivity index (χ0) is 11.4. The van der Waals surface area contributed by atoms with Gasteiger partial charge in [-0.2, -0.15) is 0 Å². The van der Waals surface area contributed by atoms with Crippen molar-refractivity contribution < 1.29 is 9.13 Å². The van der Waals surface area contributed by atoms with E-state index in [1.54, 1.807) is 0 Å². The first kappa shape index (κ1) is 12.3. The molecule has 0 aromatic heterocycles. The molecule has 0 atom stereocenters. The van der Waals surface area contributed by atoms with Crippen molar-refractivity contribution in [2.24, 2.45) is 5.92 Å². The largest absolute Gasteiger partial charge is 0.381 e. The van der Waals surface area contributed by atoms with E-state index in [0.717, 1.165) is 51.6 Å². The molecule has 0 amide bonds. The third-order valence-corrected chi connectivity index (χ3v) is 4.24. The van der Waals surface area contributed by atoms with Gasteiger partial charge in [0.1, 0.15) is 5.67 Å². The van der Waals surface area contributed by atoms with Crippen LogP contribution in [0.1, 0.15) is 39.0 Å². The van der Waals surface area contributed by atoms with Gasteiger partial charge in [0.15, 0.2) is 0 Å². The number of piperidine rings is 1. The van der Waals surface area contributed by atoms with Gasteiger partial charge in [0.2, 0.25) is 0 Å². The molecule has 2 fully saturated rings. The molecule has 0 aromatic carbocycles. The maximum Gasteiger partial charge on any atom is 0.113 e. The number of alkyl halides is 1. The lowest BCUT2D eigenvalue weighted by Crippen LogP contribution is -2.43. The third kappa shape index (κ3) is 3.17. The lowest BCUT2D eigenvalue weighted by Gasteiger charge is -2.38. The van der Waals surface area contributed by atoms with E-state index in [0.29, 0.717) is 6.42 Å². The molecule has 94 valence electrons. The Kier molecular flexibility index (Phi) is 4.20. The Labute approximate surface area is 98.1 Å². The van der Waals surface area contributed by atoms with Crippen LogP contribution in [0.25, 0.3) is 0 Å². The van der Waals surface area contributed by atoms with Gasteiger partial charge in [-0.15, -0.1) is 0 Å². The van der Waals surface area contributed by atoms with Crippen molar-refractivity contribution in [1.82, 2.24) is 4.90 Å². The molecule has 0 aliphatic carbocycles. The summed E-state index contributed by atoms with van der Waals surface area (Å²) in [5.74, 6) is 0.780. The number of hydrogen-bond acceptors (Lipinski definition) is 2. The summed E-state index contributed by atoms with van der Waals surface area (Å²) in [6.45, 7) is 6.85. The van der Waals surface area contributed by atoms with Gasteiger partial charge < -0.3 is 9.64 Å². The average Bonchev–Trinajstić information content (AvgIpc) is 2.34. The van der Waals surface area contributed by atoms with Crippen molar-refractivity contribution in [2.45, 2.75) is 44.7 Å². The van der Waals surface area contributed by atoms with E-state index in [1.165, 1.54) is 12.8 Å². The summed E-state index contributed by atoms with van der Waals surface area (Å²) in [4.78, 5) is 2.45. The Morgan fingerprint density at radius 1 is 1.25 bits per heavy atom. The van der Waals surface area contributed by atoms with E-state index in [1.807, 2.05) is 6.92 Å². The number of nitrogens with zero attached hydrogens (tertiary/aromatic N) is 1. The summed E-state index contributed by atoms with van der Waals surface area (Å²) in [6.07, 6.45) is 4.51. The van der Waals surface area contributed by atoms with Crippen LogP contribution < -0.4 is 0 Å². The van der Waals surface area contributed by atoms with Gasteiger partial charge in [0.25, 0.3) is 0 Å². The summed E-state index contributed by atoms with van der Waals surface area (Å²) in [5, 5.41) is 0. The fraction of sp³-hybridized carbons (Fsp3) is 1.00. The Balaban J connectivity index is 1.72. The molecule has 0 aromatic rings. The number of hydrogen-bond donors (Lipinski definition) is 0. The molecule has 16 heavy (non-hydrogen) atoms. The Morgan fingerprint density at radius 2 is 1.88 bits per heavy atom. The van der Waals surface area contributed by atoms with Crippen LogP contribution >= 0.6 is 0 Å². The van der Waals surface area contributed by atoms with Gasteiger partial charge in [-0.3, -0.25) is 0 Å². The van der Waals surface area contributed by atoms with Crippen LogP contribution in [0.15, 0.2) is 0 Å². The SMILES string of the molecule is CCC1(F)CCN(CC2CCOCC2)CC1. The molecular formula is C13H24FNO. The molecule has 0 N–H and O–H groups in total. The Morgan fingerprint density at radius 3 is 2.44 bits per heavy atom. The monoisotopic (exact) mass is 229 g/mol. The van der Waals surface area contributed by atoms with Crippen LogP contribution in [0, 0.1) is 5.92 Å². The van der Waals surface area contributed by atoms with Crippen molar-refractivity contribution in [1.29, 1.82) is 0 Å². The van der Waals surface area contributed by atoms with Crippen molar-refractivity contribution >= 4 is 0 Å². The molecule has 2 nitrogen and oxygen atoms in total. The Bertz CT molecular complexity index is 208. The highest BCUT2D eigenvalue weighted by molar-refractivity contribution is 4.85. The minimum atomic E-state index is -0.869. The number of ether oxygens (including phenoxy) is 1. The second kappa shape index (κ2) is 5.46. The van der Waals surface area contributed by atoms with E-state index in [-0.39, 0.29) is 0 Å². The maximum atomic E-state index is 14.0. The van der Waals surface area contributed by atoms with Gasteiger partial charge in [-0.05, 0) is 38.0 Å². The molecule has 0 radical (unpaired) electrons. The van der Waals surface area contributed by atoms with Gasteiger partial charge in [-0.25, -0.2) is 4.39 Å². The third-order valence-electron chi connectivity index (χ3n) is 4.24. The minimum absolute atomic E-state index is 0.679. The molecule has 2 saturated heterocycles. The molecule has 2 rings (SSSR count). The first-order chi connectivity index (χ1) is 7.72. The summed E-state index contributed by atoms with van der Waals surface area (Å²) >= 11 is 0. The van der Waals surface area contributed by atoms with Crippen LogP contribution in [0.5, 0.6) is 0 Å². The van der Waals surface area contributed by atoms with Crippen LogP contribution in [0.4, 0.5) is 4.39 Å². The highest BCUT2D eigenvalue weighted by Crippen LogP contribution is 2.30. The smallest absolute Gasteiger partial charge is 0.113 e. The van der Waals surface area contributed by atoms with E-state index >= 15 is 0 Å². The second-order valence-electron chi connectivity index (χ2n) is 5.36. The van der Waals surface area contributed by atoms with Crippen molar-refractivity contribution in [3.05, 3.63) is 0 Å². The summed E-state index contributed by atoms with van der Waals surface area (Å²) < 4.78 is 19.4.